The number of amides is 3. The zero-order valence-electron chi connectivity index (χ0n) is 23.9. The number of hydrogen-bond donors (Lipinski definition) is 1. The predicted molar refractivity (Wildman–Crippen MR) is 155 cm³/mol. The SMILES string of the molecule is COc1cccc([C@H](C(=O)NC[C@@H]2CCCO2)N(Cc2ccc3c(c2)OCO3)C(=O)CN2C(=O)c3ccccc3S2(=O)=O)c1. The summed E-state index contributed by atoms with van der Waals surface area (Å²) in [6.45, 7) is -0.0242. The Hall–Kier alpha value is -4.62. The number of rotatable bonds is 10. The van der Waals surface area contributed by atoms with Crippen LogP contribution in [-0.2, 0) is 30.9 Å². The zero-order chi connectivity index (χ0) is 30.8. The number of nitrogens with zero attached hydrogens (tertiary/aromatic N) is 2. The summed E-state index contributed by atoms with van der Waals surface area (Å²) in [5.41, 5.74) is 1.02. The highest BCUT2D eigenvalue weighted by atomic mass is 32.2. The molecule has 0 aromatic heterocycles. The van der Waals surface area contributed by atoms with Gasteiger partial charge in [0, 0.05) is 19.7 Å². The van der Waals surface area contributed by atoms with E-state index in [4.69, 9.17) is 18.9 Å². The van der Waals surface area contributed by atoms with E-state index in [0.717, 1.165) is 12.8 Å². The Morgan fingerprint density at radius 1 is 1.07 bits per heavy atom. The molecule has 230 valence electrons. The summed E-state index contributed by atoms with van der Waals surface area (Å²) < 4.78 is 49.2. The molecular formula is C31H31N3O9S. The lowest BCUT2D eigenvalue weighted by atomic mass is 10.0. The fourth-order valence-electron chi connectivity index (χ4n) is 5.56. The highest BCUT2D eigenvalue weighted by Crippen LogP contribution is 2.35. The van der Waals surface area contributed by atoms with Gasteiger partial charge in [-0.25, -0.2) is 12.7 Å². The molecule has 12 nitrogen and oxygen atoms in total. The summed E-state index contributed by atoms with van der Waals surface area (Å²) in [6.07, 6.45) is 1.52. The number of ether oxygens (including phenoxy) is 4. The van der Waals surface area contributed by atoms with E-state index >= 15 is 0 Å². The Morgan fingerprint density at radius 2 is 1.89 bits per heavy atom. The molecule has 2 atom stereocenters. The summed E-state index contributed by atoms with van der Waals surface area (Å²) in [6, 6.07) is 16.4. The first-order valence-corrected chi connectivity index (χ1v) is 15.6. The van der Waals surface area contributed by atoms with Gasteiger partial charge in [-0.1, -0.05) is 30.3 Å². The Balaban J connectivity index is 1.37. The van der Waals surface area contributed by atoms with Crippen LogP contribution >= 0.6 is 0 Å². The van der Waals surface area contributed by atoms with E-state index in [-0.39, 0.29) is 36.4 Å². The molecule has 0 spiro atoms. The van der Waals surface area contributed by atoms with Gasteiger partial charge in [0.05, 0.1) is 18.8 Å². The number of fused-ring (bicyclic) bond motifs is 2. The summed E-state index contributed by atoms with van der Waals surface area (Å²) in [7, 11) is -2.80. The largest absolute Gasteiger partial charge is 0.497 e. The normalized spacial score (nSPS) is 18.5. The van der Waals surface area contributed by atoms with Crippen LogP contribution in [0.25, 0.3) is 0 Å². The Bertz CT molecular complexity index is 1700. The average molecular weight is 622 g/mol. The van der Waals surface area contributed by atoms with Gasteiger partial charge in [-0.05, 0) is 60.4 Å². The van der Waals surface area contributed by atoms with Crippen molar-refractivity contribution in [2.45, 2.75) is 36.4 Å². The molecule has 0 radical (unpaired) electrons. The lowest BCUT2D eigenvalue weighted by molar-refractivity contribution is -0.141. The minimum atomic E-state index is -4.28. The Morgan fingerprint density at radius 3 is 2.66 bits per heavy atom. The van der Waals surface area contributed by atoms with Gasteiger partial charge in [0.2, 0.25) is 18.6 Å². The maximum absolute atomic E-state index is 14.2. The second-order valence-electron chi connectivity index (χ2n) is 10.6. The van der Waals surface area contributed by atoms with Gasteiger partial charge in [-0.15, -0.1) is 0 Å². The average Bonchev–Trinajstić information content (AvgIpc) is 3.77. The highest BCUT2D eigenvalue weighted by molar-refractivity contribution is 7.90. The van der Waals surface area contributed by atoms with E-state index in [9.17, 15) is 22.8 Å². The number of hydrogen-bond acceptors (Lipinski definition) is 9. The second-order valence-corrected chi connectivity index (χ2v) is 12.4. The lowest BCUT2D eigenvalue weighted by Gasteiger charge is -2.33. The van der Waals surface area contributed by atoms with Crippen LogP contribution in [0.5, 0.6) is 17.2 Å². The third kappa shape index (κ3) is 5.67. The van der Waals surface area contributed by atoms with Crippen LogP contribution in [0.15, 0.2) is 71.6 Å². The summed E-state index contributed by atoms with van der Waals surface area (Å²) in [5.74, 6) is -0.588. The van der Waals surface area contributed by atoms with Crippen molar-refractivity contribution >= 4 is 27.7 Å². The minimum absolute atomic E-state index is 0.0127. The fourth-order valence-corrected chi connectivity index (χ4v) is 7.08. The number of carbonyl (C=O) groups is 3. The number of carbonyl (C=O) groups excluding carboxylic acids is 3. The van der Waals surface area contributed by atoms with E-state index in [0.29, 0.717) is 39.3 Å². The van der Waals surface area contributed by atoms with Gasteiger partial charge in [-0.3, -0.25) is 14.4 Å². The van der Waals surface area contributed by atoms with Crippen molar-refractivity contribution in [3.63, 3.8) is 0 Å². The van der Waals surface area contributed by atoms with Gasteiger partial charge in [-0.2, -0.15) is 0 Å². The minimum Gasteiger partial charge on any atom is -0.497 e. The zero-order valence-corrected chi connectivity index (χ0v) is 24.7. The molecule has 13 heteroatoms. The van der Waals surface area contributed by atoms with E-state index in [2.05, 4.69) is 5.32 Å². The quantitative estimate of drug-likeness (QED) is 0.362. The highest BCUT2D eigenvalue weighted by Gasteiger charge is 2.43. The summed E-state index contributed by atoms with van der Waals surface area (Å²) in [4.78, 5) is 42.5. The van der Waals surface area contributed by atoms with Crippen LogP contribution < -0.4 is 19.5 Å². The van der Waals surface area contributed by atoms with E-state index < -0.39 is 40.3 Å². The van der Waals surface area contributed by atoms with Crippen molar-refractivity contribution in [2.75, 3.05) is 33.6 Å². The standard InChI is InChI=1S/C31H31N3O9S/c1-40-22-7-4-6-21(15-22)29(30(36)32-16-23-8-5-13-41-23)33(17-20-11-12-25-26(14-20)43-19-42-25)28(35)18-34-31(37)24-9-2-3-10-27(24)44(34,38)39/h2-4,6-7,9-12,14-15,23,29H,5,8,13,16-19H2,1H3,(H,32,36)/t23-,29+/m0/s1. The first kappa shape index (κ1) is 29.5. The number of methoxy groups -OCH3 is 1. The van der Waals surface area contributed by atoms with Crippen LogP contribution in [0.2, 0.25) is 0 Å². The molecule has 3 aromatic carbocycles. The topological polar surface area (TPSA) is 141 Å². The molecule has 0 aliphatic carbocycles. The first-order chi connectivity index (χ1) is 21.3. The van der Waals surface area contributed by atoms with Crippen molar-refractivity contribution < 1.29 is 41.7 Å². The number of benzene rings is 3. The number of sulfonamides is 1. The van der Waals surface area contributed by atoms with Gasteiger partial charge < -0.3 is 29.2 Å². The van der Waals surface area contributed by atoms with Crippen LogP contribution in [0.3, 0.4) is 0 Å². The van der Waals surface area contributed by atoms with Crippen LogP contribution in [-0.4, -0.2) is 75.0 Å². The molecule has 1 fully saturated rings. The lowest BCUT2D eigenvalue weighted by Crippen LogP contribution is -2.48. The van der Waals surface area contributed by atoms with E-state index in [1.165, 1.54) is 30.2 Å². The third-order valence-corrected chi connectivity index (χ3v) is 9.59. The molecule has 3 heterocycles. The summed E-state index contributed by atoms with van der Waals surface area (Å²) in [5, 5.41) is 2.91. The fraction of sp³-hybridized carbons (Fsp3) is 0.323. The molecule has 1 N–H and O–H groups in total. The first-order valence-electron chi connectivity index (χ1n) is 14.1. The van der Waals surface area contributed by atoms with E-state index in [1.807, 2.05) is 0 Å². The van der Waals surface area contributed by atoms with Gasteiger partial charge in [0.15, 0.2) is 11.5 Å². The van der Waals surface area contributed by atoms with Crippen molar-refractivity contribution in [1.82, 2.24) is 14.5 Å². The molecule has 3 aliphatic heterocycles. The molecule has 44 heavy (non-hydrogen) atoms. The number of nitrogens with one attached hydrogen (secondary N) is 1. The molecular weight excluding hydrogens is 590 g/mol. The molecule has 1 saturated heterocycles. The third-order valence-electron chi connectivity index (χ3n) is 7.80. The van der Waals surface area contributed by atoms with Gasteiger partial charge >= 0.3 is 0 Å². The van der Waals surface area contributed by atoms with Crippen molar-refractivity contribution in [2.24, 2.45) is 0 Å². The van der Waals surface area contributed by atoms with E-state index in [1.54, 1.807) is 48.5 Å². The summed E-state index contributed by atoms with van der Waals surface area (Å²) >= 11 is 0. The maximum Gasteiger partial charge on any atom is 0.269 e. The van der Waals surface area contributed by atoms with Crippen LogP contribution in [0.4, 0.5) is 0 Å². The molecule has 3 aromatic rings. The van der Waals surface area contributed by atoms with Gasteiger partial charge in [0.1, 0.15) is 23.2 Å². The Kier molecular flexibility index (Phi) is 8.15. The molecule has 0 saturated carbocycles. The molecule has 3 aliphatic rings. The second kappa shape index (κ2) is 12.2. The predicted octanol–water partition coefficient (Wildman–Crippen LogP) is 2.63. The molecule has 3 amide bonds. The van der Waals surface area contributed by atoms with Crippen molar-refractivity contribution in [1.29, 1.82) is 0 Å². The molecule has 6 rings (SSSR count). The van der Waals surface area contributed by atoms with Crippen molar-refractivity contribution in [3.05, 3.63) is 83.4 Å². The monoisotopic (exact) mass is 621 g/mol. The Labute approximate surface area is 254 Å². The molecule has 0 unspecified atom stereocenters. The van der Waals surface area contributed by atoms with Crippen molar-refractivity contribution in [3.8, 4) is 17.2 Å². The smallest absolute Gasteiger partial charge is 0.269 e. The van der Waals surface area contributed by atoms with Crippen LogP contribution in [0.1, 0.15) is 40.4 Å². The molecule has 0 bridgehead atoms. The maximum atomic E-state index is 14.2. The van der Waals surface area contributed by atoms with Gasteiger partial charge in [0.25, 0.3) is 15.9 Å². The van der Waals surface area contributed by atoms with Crippen LogP contribution in [0, 0.1) is 0 Å².